The van der Waals surface area contributed by atoms with Crippen molar-refractivity contribution in [2.45, 2.75) is 6.92 Å². The molecule has 0 saturated heterocycles. The number of aromatic nitrogens is 1. The van der Waals surface area contributed by atoms with E-state index < -0.39 is 5.91 Å². The molecule has 0 aliphatic heterocycles. The second-order valence-corrected chi connectivity index (χ2v) is 2.14. The van der Waals surface area contributed by atoms with Gasteiger partial charge >= 0.3 is 5.91 Å². The Morgan fingerprint density at radius 2 is 2.40 bits per heavy atom. The van der Waals surface area contributed by atoms with Gasteiger partial charge in [0.15, 0.2) is 6.20 Å². The van der Waals surface area contributed by atoms with Crippen molar-refractivity contribution in [1.29, 1.82) is 0 Å². The maximum atomic E-state index is 10.5. The van der Waals surface area contributed by atoms with Gasteiger partial charge in [0, 0.05) is 12.1 Å². The van der Waals surface area contributed by atoms with Crippen molar-refractivity contribution in [3.05, 3.63) is 29.6 Å². The van der Waals surface area contributed by atoms with E-state index in [2.05, 4.69) is 4.98 Å². The Labute approximate surface area is 58.9 Å². The van der Waals surface area contributed by atoms with Crippen molar-refractivity contribution < 1.29 is 9.78 Å². The second-order valence-electron chi connectivity index (χ2n) is 2.14. The van der Waals surface area contributed by atoms with Crippen LogP contribution in [-0.4, -0.2) is 5.91 Å². The highest BCUT2D eigenvalue weighted by molar-refractivity contribution is 5.89. The number of rotatable bonds is 1. The normalized spacial score (nSPS) is 9.30. The first-order valence-electron chi connectivity index (χ1n) is 2.98. The lowest BCUT2D eigenvalue weighted by Gasteiger charge is -1.87. The lowest BCUT2D eigenvalue weighted by atomic mass is 10.2. The van der Waals surface area contributed by atoms with Crippen LogP contribution >= 0.6 is 0 Å². The van der Waals surface area contributed by atoms with E-state index >= 15 is 0 Å². The van der Waals surface area contributed by atoms with Gasteiger partial charge in [-0.3, -0.25) is 4.79 Å². The molecule has 0 fully saturated rings. The van der Waals surface area contributed by atoms with Crippen LogP contribution in [0.5, 0.6) is 0 Å². The minimum atomic E-state index is -0.427. The Hall–Kier alpha value is -1.38. The van der Waals surface area contributed by atoms with Crippen LogP contribution in [0, 0.1) is 6.92 Å². The minimum absolute atomic E-state index is 0.427. The van der Waals surface area contributed by atoms with Gasteiger partial charge in [-0.15, -0.1) is 0 Å². The van der Waals surface area contributed by atoms with Crippen LogP contribution in [0.2, 0.25) is 0 Å². The smallest absolute Gasteiger partial charge is 0.313 e. The maximum absolute atomic E-state index is 10.5. The standard InChI is InChI=1S/C7H8N2O/c1-5-2-3-9-6(4-5)7(8)10/h2-4H,1H3,(H2,8,10)/p+1. The van der Waals surface area contributed by atoms with E-state index in [9.17, 15) is 4.79 Å². The third-order valence-electron chi connectivity index (χ3n) is 1.22. The van der Waals surface area contributed by atoms with Gasteiger partial charge in [-0.2, -0.15) is 0 Å². The largest absolute Gasteiger partial charge is 0.360 e. The summed E-state index contributed by atoms with van der Waals surface area (Å²) in [5, 5.41) is 0. The van der Waals surface area contributed by atoms with Crippen molar-refractivity contribution in [1.82, 2.24) is 0 Å². The van der Waals surface area contributed by atoms with Gasteiger partial charge in [-0.05, 0) is 12.5 Å². The van der Waals surface area contributed by atoms with Crippen LogP contribution in [0.15, 0.2) is 18.3 Å². The lowest BCUT2D eigenvalue weighted by molar-refractivity contribution is -0.382. The van der Waals surface area contributed by atoms with Crippen molar-refractivity contribution in [3.8, 4) is 0 Å². The number of primary amides is 1. The molecule has 3 heteroatoms. The van der Waals surface area contributed by atoms with Crippen LogP contribution in [0.25, 0.3) is 0 Å². The summed E-state index contributed by atoms with van der Waals surface area (Å²) < 4.78 is 0. The predicted octanol–water partition coefficient (Wildman–Crippen LogP) is -0.0920. The predicted molar refractivity (Wildman–Crippen MR) is 36.3 cm³/mol. The number of carbonyl (C=O) groups excluding carboxylic acids is 1. The van der Waals surface area contributed by atoms with Gasteiger partial charge in [0.25, 0.3) is 5.69 Å². The summed E-state index contributed by atoms with van der Waals surface area (Å²) in [4.78, 5) is 13.3. The molecular formula is C7H9N2O+. The fourth-order valence-electron chi connectivity index (χ4n) is 0.723. The monoisotopic (exact) mass is 137 g/mol. The molecule has 0 unspecified atom stereocenters. The zero-order chi connectivity index (χ0) is 7.56. The van der Waals surface area contributed by atoms with Crippen molar-refractivity contribution in [3.63, 3.8) is 0 Å². The Morgan fingerprint density at radius 1 is 1.70 bits per heavy atom. The molecule has 10 heavy (non-hydrogen) atoms. The first kappa shape index (κ1) is 6.74. The molecule has 0 aliphatic rings. The molecule has 0 spiro atoms. The molecule has 0 aliphatic carbocycles. The van der Waals surface area contributed by atoms with Crippen LogP contribution in [-0.2, 0) is 0 Å². The van der Waals surface area contributed by atoms with Gasteiger partial charge in [0.2, 0.25) is 0 Å². The first-order valence-corrected chi connectivity index (χ1v) is 2.98. The Morgan fingerprint density at radius 3 is 2.80 bits per heavy atom. The zero-order valence-corrected chi connectivity index (χ0v) is 5.72. The molecule has 1 heterocycles. The van der Waals surface area contributed by atoms with Crippen LogP contribution in [0.1, 0.15) is 16.1 Å². The first-order chi connectivity index (χ1) is 4.70. The summed E-state index contributed by atoms with van der Waals surface area (Å²) >= 11 is 0. The fourth-order valence-corrected chi connectivity index (χ4v) is 0.723. The van der Waals surface area contributed by atoms with Crippen LogP contribution < -0.4 is 10.7 Å². The maximum Gasteiger partial charge on any atom is 0.313 e. The van der Waals surface area contributed by atoms with Gasteiger partial charge in [0.05, 0.1) is 0 Å². The highest BCUT2D eigenvalue weighted by Gasteiger charge is 2.06. The number of carbonyl (C=O) groups is 1. The molecule has 1 aromatic rings. The highest BCUT2D eigenvalue weighted by Crippen LogP contribution is 1.93. The number of amides is 1. The second kappa shape index (κ2) is 2.47. The van der Waals surface area contributed by atoms with Crippen LogP contribution in [0.4, 0.5) is 0 Å². The Balaban J connectivity index is 3.07. The Bertz CT molecular complexity index is 258. The zero-order valence-electron chi connectivity index (χ0n) is 5.72. The number of aromatic amines is 1. The summed E-state index contributed by atoms with van der Waals surface area (Å²) in [6, 6.07) is 3.58. The topological polar surface area (TPSA) is 57.2 Å². The molecule has 52 valence electrons. The minimum Gasteiger partial charge on any atom is -0.360 e. The number of nitrogens with one attached hydrogen (secondary N) is 1. The number of pyridine rings is 1. The molecule has 0 saturated carbocycles. The van der Waals surface area contributed by atoms with E-state index in [0.717, 1.165) is 5.56 Å². The summed E-state index contributed by atoms with van der Waals surface area (Å²) in [5.74, 6) is -0.427. The number of hydrogen-bond donors (Lipinski definition) is 1. The molecule has 3 nitrogen and oxygen atoms in total. The van der Waals surface area contributed by atoms with Crippen molar-refractivity contribution >= 4 is 5.91 Å². The average Bonchev–Trinajstić information content (AvgIpc) is 1.88. The quantitative estimate of drug-likeness (QED) is 0.577. The molecule has 0 aromatic carbocycles. The number of nitrogens with two attached hydrogens (primary N) is 1. The lowest BCUT2D eigenvalue weighted by Crippen LogP contribution is -2.22. The molecule has 0 atom stereocenters. The van der Waals surface area contributed by atoms with E-state index in [1.807, 2.05) is 13.0 Å². The summed E-state index contributed by atoms with van der Waals surface area (Å²) in [6.45, 7) is 1.90. The summed E-state index contributed by atoms with van der Waals surface area (Å²) in [6.07, 6.45) is 1.69. The molecule has 1 amide bonds. The van der Waals surface area contributed by atoms with E-state index in [1.54, 1.807) is 12.3 Å². The van der Waals surface area contributed by atoms with E-state index in [0.29, 0.717) is 5.69 Å². The molecule has 0 radical (unpaired) electrons. The van der Waals surface area contributed by atoms with Crippen LogP contribution in [0.3, 0.4) is 0 Å². The van der Waals surface area contributed by atoms with Gasteiger partial charge in [-0.25, -0.2) is 4.98 Å². The third-order valence-corrected chi connectivity index (χ3v) is 1.22. The average molecular weight is 137 g/mol. The van der Waals surface area contributed by atoms with Crippen molar-refractivity contribution in [2.75, 3.05) is 0 Å². The fraction of sp³-hybridized carbons (Fsp3) is 0.143. The molecule has 0 bridgehead atoms. The number of hydrogen-bond acceptors (Lipinski definition) is 1. The van der Waals surface area contributed by atoms with Gasteiger partial charge < -0.3 is 5.73 Å². The third kappa shape index (κ3) is 1.31. The molecular weight excluding hydrogens is 128 g/mol. The molecule has 3 N–H and O–H groups in total. The van der Waals surface area contributed by atoms with Gasteiger partial charge in [-0.1, -0.05) is 0 Å². The number of H-pyrrole nitrogens is 1. The van der Waals surface area contributed by atoms with Gasteiger partial charge in [0.1, 0.15) is 0 Å². The molecule has 1 aromatic heterocycles. The highest BCUT2D eigenvalue weighted by atomic mass is 16.1. The SMILES string of the molecule is Cc1cc[nH+]c(C(N)=O)c1. The van der Waals surface area contributed by atoms with Crippen molar-refractivity contribution in [2.24, 2.45) is 5.73 Å². The summed E-state index contributed by atoms with van der Waals surface area (Å²) in [7, 11) is 0. The van der Waals surface area contributed by atoms with E-state index in [4.69, 9.17) is 5.73 Å². The number of aryl methyl sites for hydroxylation is 1. The van der Waals surface area contributed by atoms with E-state index in [1.165, 1.54) is 0 Å². The Kier molecular flexibility index (Phi) is 1.67. The molecule has 1 rings (SSSR count). The van der Waals surface area contributed by atoms with E-state index in [-0.39, 0.29) is 0 Å². The summed E-state index contributed by atoms with van der Waals surface area (Å²) in [5.41, 5.74) is 6.48.